The first kappa shape index (κ1) is 6.89. The van der Waals surface area contributed by atoms with Gasteiger partial charge in [0, 0.05) is 25.6 Å². The van der Waals surface area contributed by atoms with E-state index in [0.717, 1.165) is 32.4 Å². The van der Waals surface area contributed by atoms with Crippen molar-refractivity contribution >= 4 is 5.91 Å². The molecule has 3 heterocycles. The fourth-order valence-electron chi connectivity index (χ4n) is 3.08. The van der Waals surface area contributed by atoms with Crippen LogP contribution in [0.25, 0.3) is 0 Å². The molecular formula is C9H13NO2. The number of hydrogen-bond donors (Lipinski definition) is 0. The summed E-state index contributed by atoms with van der Waals surface area (Å²) in [6.07, 6.45) is 3.30. The summed E-state index contributed by atoms with van der Waals surface area (Å²) in [4.78, 5) is 13.7. The highest BCUT2D eigenvalue weighted by atomic mass is 16.5. The zero-order valence-corrected chi connectivity index (χ0v) is 7.30. The zero-order valence-electron chi connectivity index (χ0n) is 7.30. The molecular weight excluding hydrogens is 154 g/mol. The van der Waals surface area contributed by atoms with Crippen LogP contribution in [0.5, 0.6) is 0 Å². The van der Waals surface area contributed by atoms with Gasteiger partial charge in [-0.25, -0.2) is 0 Å². The van der Waals surface area contributed by atoms with Crippen molar-refractivity contribution in [1.29, 1.82) is 0 Å². The molecule has 12 heavy (non-hydrogen) atoms. The third-order valence-corrected chi connectivity index (χ3v) is 4.02. The molecule has 4 fully saturated rings. The van der Waals surface area contributed by atoms with Gasteiger partial charge in [0.15, 0.2) is 5.60 Å². The SMILES string of the molecule is COC12CC13CCN(CC3)C2=O. The Morgan fingerprint density at radius 3 is 2.50 bits per heavy atom. The molecule has 1 aliphatic carbocycles. The second-order valence-corrected chi connectivity index (χ2v) is 4.28. The molecule has 3 nitrogen and oxygen atoms in total. The molecule has 0 aromatic heterocycles. The Labute approximate surface area is 71.7 Å². The highest BCUT2D eigenvalue weighted by molar-refractivity contribution is 5.92. The molecule has 0 N–H and O–H groups in total. The normalized spacial score (nSPS) is 49.4. The summed E-state index contributed by atoms with van der Waals surface area (Å²) in [5.41, 5.74) is -0.114. The molecule has 0 radical (unpaired) electrons. The largest absolute Gasteiger partial charge is 0.368 e. The lowest BCUT2D eigenvalue weighted by Gasteiger charge is -2.42. The number of fused-ring (bicyclic) bond motifs is 2. The average Bonchev–Trinajstić information content (AvgIpc) is 2.78. The summed E-state index contributed by atoms with van der Waals surface area (Å²) in [6, 6.07) is 0. The van der Waals surface area contributed by atoms with Gasteiger partial charge in [-0.05, 0) is 19.3 Å². The lowest BCUT2D eigenvalue weighted by atomic mass is 9.84. The van der Waals surface area contributed by atoms with Gasteiger partial charge in [0.2, 0.25) is 0 Å². The van der Waals surface area contributed by atoms with E-state index in [2.05, 4.69) is 0 Å². The zero-order chi connectivity index (χ0) is 8.40. The fraction of sp³-hybridized carbons (Fsp3) is 0.889. The van der Waals surface area contributed by atoms with Crippen molar-refractivity contribution in [3.8, 4) is 0 Å². The van der Waals surface area contributed by atoms with E-state index in [-0.39, 0.29) is 16.9 Å². The summed E-state index contributed by atoms with van der Waals surface area (Å²) >= 11 is 0. The van der Waals surface area contributed by atoms with E-state index in [0.29, 0.717) is 0 Å². The second-order valence-electron chi connectivity index (χ2n) is 4.28. The van der Waals surface area contributed by atoms with Crippen LogP contribution in [0, 0.1) is 5.41 Å². The first-order valence-corrected chi connectivity index (χ1v) is 4.59. The number of nitrogens with zero attached hydrogens (tertiary/aromatic N) is 1. The van der Waals surface area contributed by atoms with Crippen LogP contribution in [0.3, 0.4) is 0 Å². The number of carbonyl (C=O) groups excluding carboxylic acids is 1. The van der Waals surface area contributed by atoms with Crippen LogP contribution >= 0.6 is 0 Å². The van der Waals surface area contributed by atoms with Gasteiger partial charge in [-0.15, -0.1) is 0 Å². The van der Waals surface area contributed by atoms with E-state index in [4.69, 9.17) is 4.74 Å². The van der Waals surface area contributed by atoms with Crippen LogP contribution in [-0.2, 0) is 9.53 Å². The summed E-state index contributed by atoms with van der Waals surface area (Å²) in [6.45, 7) is 1.92. The molecule has 1 amide bonds. The van der Waals surface area contributed by atoms with Gasteiger partial charge in [-0.3, -0.25) is 4.79 Å². The molecule has 1 spiro atoms. The Balaban J connectivity index is 2.05. The van der Waals surface area contributed by atoms with Crippen LogP contribution in [0.1, 0.15) is 19.3 Å². The maximum absolute atomic E-state index is 11.8. The Morgan fingerprint density at radius 1 is 1.42 bits per heavy atom. The van der Waals surface area contributed by atoms with E-state index in [1.165, 1.54) is 0 Å². The van der Waals surface area contributed by atoms with Crippen molar-refractivity contribution in [3.05, 3.63) is 0 Å². The first-order chi connectivity index (χ1) is 5.74. The number of amides is 1. The number of hydrogen-bond acceptors (Lipinski definition) is 2. The van der Waals surface area contributed by atoms with Gasteiger partial charge in [0.25, 0.3) is 5.91 Å². The molecule has 1 unspecified atom stereocenters. The predicted octanol–water partition coefficient (Wildman–Crippen LogP) is 0.398. The molecule has 1 atom stereocenters. The Hall–Kier alpha value is -0.570. The highest BCUT2D eigenvalue weighted by Crippen LogP contribution is 2.68. The van der Waals surface area contributed by atoms with Gasteiger partial charge in [0.05, 0.1) is 0 Å². The van der Waals surface area contributed by atoms with Crippen LogP contribution in [-0.4, -0.2) is 36.6 Å². The standard InChI is InChI=1S/C9H13NO2/c1-12-9-6-8(9)2-4-10(5-3-8)7(9)11/h2-6H2,1H3. The molecule has 66 valence electrons. The fourth-order valence-corrected chi connectivity index (χ4v) is 3.08. The summed E-state index contributed by atoms with van der Waals surface area (Å²) in [5, 5.41) is 0. The number of piperidine rings is 3. The Kier molecular flexibility index (Phi) is 0.971. The third-order valence-electron chi connectivity index (χ3n) is 4.02. The summed E-state index contributed by atoms with van der Waals surface area (Å²) in [7, 11) is 1.68. The third kappa shape index (κ3) is 0.478. The number of carbonyl (C=O) groups is 1. The van der Waals surface area contributed by atoms with E-state index in [9.17, 15) is 4.79 Å². The van der Waals surface area contributed by atoms with Crippen LogP contribution < -0.4 is 0 Å². The molecule has 3 heteroatoms. The lowest BCUT2D eigenvalue weighted by molar-refractivity contribution is -0.158. The van der Waals surface area contributed by atoms with Crippen molar-refractivity contribution < 1.29 is 9.53 Å². The van der Waals surface area contributed by atoms with E-state index < -0.39 is 0 Å². The number of rotatable bonds is 1. The molecule has 4 aliphatic rings. The summed E-state index contributed by atoms with van der Waals surface area (Å²) < 4.78 is 5.40. The van der Waals surface area contributed by atoms with Crippen LogP contribution in [0.4, 0.5) is 0 Å². The smallest absolute Gasteiger partial charge is 0.255 e. The van der Waals surface area contributed by atoms with Gasteiger partial charge < -0.3 is 9.64 Å². The van der Waals surface area contributed by atoms with Crippen molar-refractivity contribution in [3.63, 3.8) is 0 Å². The minimum absolute atomic E-state index is 0.252. The van der Waals surface area contributed by atoms with Crippen LogP contribution in [0.2, 0.25) is 0 Å². The Bertz CT molecular complexity index is 255. The summed E-state index contributed by atoms with van der Waals surface area (Å²) in [5.74, 6) is 0.252. The van der Waals surface area contributed by atoms with E-state index >= 15 is 0 Å². The molecule has 0 aromatic rings. The first-order valence-electron chi connectivity index (χ1n) is 4.59. The number of methoxy groups -OCH3 is 1. The average molecular weight is 167 g/mol. The molecule has 3 aliphatic heterocycles. The van der Waals surface area contributed by atoms with Gasteiger partial charge in [0.1, 0.15) is 0 Å². The maximum Gasteiger partial charge on any atom is 0.255 e. The highest BCUT2D eigenvalue weighted by Gasteiger charge is 2.77. The van der Waals surface area contributed by atoms with Crippen LogP contribution in [0.15, 0.2) is 0 Å². The predicted molar refractivity (Wildman–Crippen MR) is 42.6 cm³/mol. The molecule has 4 rings (SSSR count). The minimum Gasteiger partial charge on any atom is -0.368 e. The maximum atomic E-state index is 11.8. The molecule has 2 bridgehead atoms. The molecule has 0 aromatic carbocycles. The van der Waals surface area contributed by atoms with Gasteiger partial charge >= 0.3 is 0 Å². The lowest BCUT2D eigenvalue weighted by Crippen LogP contribution is -2.55. The van der Waals surface area contributed by atoms with Crippen molar-refractivity contribution in [1.82, 2.24) is 4.90 Å². The van der Waals surface area contributed by atoms with Crippen molar-refractivity contribution in [2.24, 2.45) is 5.41 Å². The van der Waals surface area contributed by atoms with Crippen molar-refractivity contribution in [2.45, 2.75) is 24.9 Å². The number of ether oxygens (including phenoxy) is 1. The van der Waals surface area contributed by atoms with Gasteiger partial charge in [-0.2, -0.15) is 0 Å². The topological polar surface area (TPSA) is 29.5 Å². The minimum atomic E-state index is -0.372. The Morgan fingerprint density at radius 2 is 2.08 bits per heavy atom. The van der Waals surface area contributed by atoms with Crippen molar-refractivity contribution in [2.75, 3.05) is 20.2 Å². The van der Waals surface area contributed by atoms with Gasteiger partial charge in [-0.1, -0.05) is 0 Å². The van der Waals surface area contributed by atoms with E-state index in [1.54, 1.807) is 7.11 Å². The monoisotopic (exact) mass is 167 g/mol. The second kappa shape index (κ2) is 1.69. The molecule has 1 saturated carbocycles. The molecule has 3 saturated heterocycles. The van der Waals surface area contributed by atoms with E-state index in [1.807, 2.05) is 4.90 Å². The quantitative estimate of drug-likeness (QED) is 0.565.